The number of carbonyl (C=O) groups is 3. The molecule has 1 atom stereocenters. The molecule has 0 N–H and O–H groups in total. The van der Waals surface area contributed by atoms with Gasteiger partial charge in [0.25, 0.3) is 0 Å². The maximum Gasteiger partial charge on any atom is 0.306 e. The Morgan fingerprint density at radius 1 is 0.273 bits per heavy atom. The molecule has 0 rings (SSSR count). The van der Waals surface area contributed by atoms with Gasteiger partial charge in [-0.25, -0.2) is 0 Å². The summed E-state index contributed by atoms with van der Waals surface area (Å²) in [5, 5.41) is 0. The highest BCUT2D eigenvalue weighted by Crippen LogP contribution is 2.17. The van der Waals surface area contributed by atoms with Crippen LogP contribution in [0.4, 0.5) is 0 Å². The molecule has 0 aliphatic carbocycles. The molecule has 0 saturated carbocycles. The van der Waals surface area contributed by atoms with Crippen molar-refractivity contribution in [1.82, 2.24) is 0 Å². The Morgan fingerprint density at radius 2 is 0.519 bits per heavy atom. The van der Waals surface area contributed by atoms with Crippen molar-refractivity contribution in [1.29, 1.82) is 0 Å². The van der Waals surface area contributed by atoms with E-state index in [0.717, 1.165) is 103 Å². The summed E-state index contributed by atoms with van der Waals surface area (Å²) >= 11 is 0. The van der Waals surface area contributed by atoms with E-state index in [1.54, 1.807) is 0 Å². The van der Waals surface area contributed by atoms with Gasteiger partial charge in [-0.15, -0.1) is 0 Å². The quantitative estimate of drug-likeness (QED) is 0.0261. The second-order valence-electron chi connectivity index (χ2n) is 21.6. The number of hydrogen-bond acceptors (Lipinski definition) is 6. The first-order valence-corrected chi connectivity index (χ1v) is 32.7. The smallest absolute Gasteiger partial charge is 0.306 e. The number of unbranched alkanes of at least 4 members (excludes halogenated alkanes) is 32. The lowest BCUT2D eigenvalue weighted by Crippen LogP contribution is -2.30. The fourth-order valence-electron chi connectivity index (χ4n) is 9.13. The summed E-state index contributed by atoms with van der Waals surface area (Å²) in [5.41, 5.74) is 0. The Bertz CT molecular complexity index is 1510. The normalized spacial score (nSPS) is 12.7. The molecule has 0 aromatic rings. The highest BCUT2D eigenvalue weighted by Gasteiger charge is 2.19. The van der Waals surface area contributed by atoms with Crippen LogP contribution in [0.1, 0.15) is 316 Å². The molecule has 0 saturated heterocycles. The van der Waals surface area contributed by atoms with E-state index in [1.807, 2.05) is 0 Å². The van der Waals surface area contributed by atoms with E-state index in [1.165, 1.54) is 167 Å². The molecule has 0 aliphatic rings. The lowest BCUT2D eigenvalue weighted by molar-refractivity contribution is -0.167. The van der Waals surface area contributed by atoms with E-state index < -0.39 is 6.10 Å². The van der Waals surface area contributed by atoms with Crippen molar-refractivity contribution in [3.05, 3.63) is 97.2 Å². The van der Waals surface area contributed by atoms with Gasteiger partial charge >= 0.3 is 17.9 Å². The van der Waals surface area contributed by atoms with E-state index in [4.69, 9.17) is 14.2 Å². The van der Waals surface area contributed by atoms with Gasteiger partial charge in [0.05, 0.1) is 0 Å². The van der Waals surface area contributed by atoms with E-state index >= 15 is 0 Å². The topological polar surface area (TPSA) is 78.9 Å². The van der Waals surface area contributed by atoms with Crippen LogP contribution in [0.25, 0.3) is 0 Å². The molecule has 77 heavy (non-hydrogen) atoms. The van der Waals surface area contributed by atoms with E-state index in [2.05, 4.69) is 118 Å². The van der Waals surface area contributed by atoms with Gasteiger partial charge in [-0.05, 0) is 116 Å². The van der Waals surface area contributed by atoms with Gasteiger partial charge < -0.3 is 14.2 Å². The second kappa shape index (κ2) is 64.9. The number of hydrogen-bond donors (Lipinski definition) is 0. The summed E-state index contributed by atoms with van der Waals surface area (Å²) < 4.78 is 16.8. The van der Waals surface area contributed by atoms with Crippen molar-refractivity contribution >= 4 is 17.9 Å². The van der Waals surface area contributed by atoms with Crippen molar-refractivity contribution in [2.24, 2.45) is 0 Å². The Balaban J connectivity index is 4.14. The third kappa shape index (κ3) is 63.0. The minimum Gasteiger partial charge on any atom is -0.462 e. The monoisotopic (exact) mass is 1070 g/mol. The molecule has 6 nitrogen and oxygen atoms in total. The summed E-state index contributed by atoms with van der Waals surface area (Å²) in [6.45, 7) is 6.45. The third-order valence-electron chi connectivity index (χ3n) is 14.0. The van der Waals surface area contributed by atoms with Crippen LogP contribution in [0.3, 0.4) is 0 Å². The molecule has 0 radical (unpaired) electrons. The standard InChI is InChI=1S/C71H122O6/c1-4-7-10-13-16-19-22-24-26-27-28-29-30-31-32-33-34-35-36-37-38-39-40-41-42-43-45-46-49-52-55-58-61-64-70(73)76-67-68(66-75-69(72)63-60-57-54-51-48-21-18-15-12-9-6-3)77-71(74)65-62-59-56-53-50-47-44-25-23-20-17-14-11-8-5-2/h8,11,15,17-18,20,22,24-25,27-28,30-31,44,50,53,68H,4-7,9-10,12-14,16,19,21,23,26,29,32-43,45-49,51-52,54-67H2,1-3H3/b11-8-,18-15-,20-17-,24-22-,28-27-,31-30-,44-25-,53-50-. The summed E-state index contributed by atoms with van der Waals surface area (Å²) in [6, 6.07) is 0. The Morgan fingerprint density at radius 3 is 0.870 bits per heavy atom. The van der Waals surface area contributed by atoms with Crippen LogP contribution < -0.4 is 0 Å². The summed E-state index contributed by atoms with van der Waals surface area (Å²) in [6.07, 6.45) is 87.3. The van der Waals surface area contributed by atoms with Gasteiger partial charge in [0.1, 0.15) is 13.2 Å². The van der Waals surface area contributed by atoms with Gasteiger partial charge in [0.15, 0.2) is 6.10 Å². The fraction of sp³-hybridized carbons (Fsp3) is 0.732. The molecular formula is C71H122O6. The minimum atomic E-state index is -0.802. The molecule has 0 bridgehead atoms. The van der Waals surface area contributed by atoms with Crippen LogP contribution in [-0.4, -0.2) is 37.2 Å². The van der Waals surface area contributed by atoms with Gasteiger partial charge in [-0.3, -0.25) is 14.4 Å². The van der Waals surface area contributed by atoms with Crippen molar-refractivity contribution < 1.29 is 28.6 Å². The molecule has 0 aromatic carbocycles. The number of esters is 3. The van der Waals surface area contributed by atoms with Crippen molar-refractivity contribution in [2.45, 2.75) is 322 Å². The molecule has 0 aromatic heterocycles. The molecule has 0 spiro atoms. The zero-order chi connectivity index (χ0) is 55.7. The lowest BCUT2D eigenvalue weighted by Gasteiger charge is -2.18. The number of carbonyl (C=O) groups excluding carboxylic acids is 3. The zero-order valence-electron chi connectivity index (χ0n) is 50.7. The first kappa shape index (κ1) is 73.3. The fourth-order valence-corrected chi connectivity index (χ4v) is 9.13. The van der Waals surface area contributed by atoms with Crippen molar-refractivity contribution in [3.8, 4) is 0 Å². The second-order valence-corrected chi connectivity index (χ2v) is 21.6. The largest absolute Gasteiger partial charge is 0.462 e. The first-order chi connectivity index (χ1) is 38.0. The minimum absolute atomic E-state index is 0.0950. The molecule has 0 aliphatic heterocycles. The molecule has 442 valence electrons. The summed E-state index contributed by atoms with van der Waals surface area (Å²) in [7, 11) is 0. The Kier molecular flexibility index (Phi) is 61.8. The highest BCUT2D eigenvalue weighted by atomic mass is 16.6. The van der Waals surface area contributed by atoms with Crippen LogP contribution in [0.2, 0.25) is 0 Å². The van der Waals surface area contributed by atoms with Crippen LogP contribution in [0, 0.1) is 0 Å². The Hall–Kier alpha value is -3.67. The van der Waals surface area contributed by atoms with Crippen molar-refractivity contribution in [3.63, 3.8) is 0 Å². The number of ether oxygens (including phenoxy) is 3. The van der Waals surface area contributed by atoms with Crippen molar-refractivity contribution in [2.75, 3.05) is 13.2 Å². The predicted octanol–water partition coefficient (Wildman–Crippen LogP) is 22.4. The van der Waals surface area contributed by atoms with Crippen LogP contribution >= 0.6 is 0 Å². The Labute approximate surface area is 477 Å². The molecule has 0 heterocycles. The third-order valence-corrected chi connectivity index (χ3v) is 14.0. The van der Waals surface area contributed by atoms with Crippen LogP contribution in [0.5, 0.6) is 0 Å². The molecule has 6 heteroatoms. The van der Waals surface area contributed by atoms with E-state index in [9.17, 15) is 14.4 Å². The maximum atomic E-state index is 12.8. The predicted molar refractivity (Wildman–Crippen MR) is 334 cm³/mol. The van der Waals surface area contributed by atoms with E-state index in [-0.39, 0.29) is 37.5 Å². The molecule has 0 fully saturated rings. The van der Waals surface area contributed by atoms with Crippen LogP contribution in [0.15, 0.2) is 97.2 Å². The van der Waals surface area contributed by atoms with Gasteiger partial charge in [-0.2, -0.15) is 0 Å². The summed E-state index contributed by atoms with van der Waals surface area (Å²) in [5.74, 6) is -0.940. The van der Waals surface area contributed by atoms with Gasteiger partial charge in [-0.1, -0.05) is 279 Å². The number of rotatable bonds is 59. The summed E-state index contributed by atoms with van der Waals surface area (Å²) in [4.78, 5) is 38.2. The average molecular weight is 1070 g/mol. The average Bonchev–Trinajstić information content (AvgIpc) is 3.43. The van der Waals surface area contributed by atoms with Crippen LogP contribution in [-0.2, 0) is 28.6 Å². The highest BCUT2D eigenvalue weighted by molar-refractivity contribution is 5.71. The lowest BCUT2D eigenvalue weighted by atomic mass is 10.0. The zero-order valence-corrected chi connectivity index (χ0v) is 50.7. The maximum absolute atomic E-state index is 12.8. The van der Waals surface area contributed by atoms with Gasteiger partial charge in [0, 0.05) is 19.3 Å². The number of allylic oxidation sites excluding steroid dienone is 16. The van der Waals surface area contributed by atoms with Gasteiger partial charge in [0.2, 0.25) is 0 Å². The first-order valence-electron chi connectivity index (χ1n) is 32.7. The SMILES string of the molecule is CC/C=C\C/C=C\C/C=C\C/C=C\CCCCC(=O)OC(COC(=O)CCCCCCC/C=C\CCCC)COC(=O)CCCCCCCCCCCCCCCCCCCC/C=C\C/C=C\C/C=C\CCCCCCC. The van der Waals surface area contributed by atoms with E-state index in [0.29, 0.717) is 19.3 Å². The molecule has 1 unspecified atom stereocenters. The molecule has 0 amide bonds. The molecular weight excluding hydrogens is 949 g/mol.